The van der Waals surface area contributed by atoms with Gasteiger partial charge < -0.3 is 11.1 Å². The molecule has 0 spiro atoms. The highest BCUT2D eigenvalue weighted by molar-refractivity contribution is 5.70. The van der Waals surface area contributed by atoms with Gasteiger partial charge >= 0.3 is 0 Å². The molecule has 0 radical (unpaired) electrons. The maximum atomic E-state index is 5.85. The summed E-state index contributed by atoms with van der Waals surface area (Å²) in [6, 6.07) is 4.20. The van der Waals surface area contributed by atoms with E-state index in [2.05, 4.69) is 25.2 Å². The van der Waals surface area contributed by atoms with E-state index in [4.69, 9.17) is 5.73 Å². The minimum absolute atomic E-state index is 0.842. The molecule has 0 heterocycles. The van der Waals surface area contributed by atoms with Crippen molar-refractivity contribution in [1.82, 2.24) is 0 Å². The molecular weight excluding hydrogens is 148 g/mol. The molecule has 3 N–H and O–H groups in total. The largest absolute Gasteiger partial charge is 0.397 e. The van der Waals surface area contributed by atoms with Crippen LogP contribution in [0.5, 0.6) is 0 Å². The molecule has 0 fully saturated rings. The minimum Gasteiger partial charge on any atom is -0.397 e. The van der Waals surface area contributed by atoms with Crippen LogP contribution in [0.3, 0.4) is 0 Å². The van der Waals surface area contributed by atoms with Gasteiger partial charge in [-0.25, -0.2) is 0 Å². The molecule has 1 aromatic rings. The molecule has 2 heteroatoms. The number of rotatable bonds is 2. The molecule has 1 aromatic carbocycles. The molecule has 12 heavy (non-hydrogen) atoms. The second kappa shape index (κ2) is 3.48. The average Bonchev–Trinajstić information content (AvgIpc) is 2.03. The number of nitrogen functional groups attached to an aromatic ring is 1. The highest BCUT2D eigenvalue weighted by Crippen LogP contribution is 2.24. The molecule has 0 aliphatic rings. The molecule has 66 valence electrons. The van der Waals surface area contributed by atoms with Crippen LogP contribution in [0.4, 0.5) is 11.4 Å². The van der Waals surface area contributed by atoms with Gasteiger partial charge in [-0.15, -0.1) is 0 Å². The standard InChI is InChI=1S/C10H16N2/c1-4-8-5-7(2)10(12-3)9(11)6-8/h5-6,12H,4,11H2,1-3H3. The van der Waals surface area contributed by atoms with E-state index in [0.29, 0.717) is 0 Å². The molecule has 0 saturated heterocycles. The maximum absolute atomic E-state index is 5.85. The summed E-state index contributed by atoms with van der Waals surface area (Å²) in [6.07, 6.45) is 1.04. The maximum Gasteiger partial charge on any atom is 0.0601 e. The zero-order chi connectivity index (χ0) is 9.14. The Morgan fingerprint density at radius 1 is 1.42 bits per heavy atom. The van der Waals surface area contributed by atoms with Crippen LogP contribution in [0.15, 0.2) is 12.1 Å². The summed E-state index contributed by atoms with van der Waals surface area (Å²) < 4.78 is 0. The molecule has 1 rings (SSSR count). The van der Waals surface area contributed by atoms with E-state index in [9.17, 15) is 0 Å². The molecule has 0 atom stereocenters. The molecule has 0 unspecified atom stereocenters. The van der Waals surface area contributed by atoms with Crippen LogP contribution in [0.2, 0.25) is 0 Å². The van der Waals surface area contributed by atoms with E-state index in [1.807, 2.05) is 13.1 Å². The first-order valence-electron chi connectivity index (χ1n) is 4.25. The fourth-order valence-corrected chi connectivity index (χ4v) is 1.44. The SMILES string of the molecule is CCc1cc(C)c(NC)c(N)c1. The molecule has 0 aliphatic carbocycles. The summed E-state index contributed by atoms with van der Waals surface area (Å²) >= 11 is 0. The number of aryl methyl sites for hydroxylation is 2. The molecule has 0 aromatic heterocycles. The van der Waals surface area contributed by atoms with Gasteiger partial charge in [0.05, 0.1) is 11.4 Å². The quantitative estimate of drug-likeness (QED) is 0.657. The summed E-state index contributed by atoms with van der Waals surface area (Å²) in [5, 5.41) is 3.09. The van der Waals surface area contributed by atoms with Crippen LogP contribution in [-0.2, 0) is 6.42 Å². The van der Waals surface area contributed by atoms with Gasteiger partial charge in [0, 0.05) is 7.05 Å². The number of nitrogens with two attached hydrogens (primary N) is 1. The molecule has 0 amide bonds. The Kier molecular flexibility index (Phi) is 2.58. The predicted molar refractivity (Wildman–Crippen MR) is 54.5 cm³/mol. The van der Waals surface area contributed by atoms with Crippen LogP contribution in [-0.4, -0.2) is 7.05 Å². The van der Waals surface area contributed by atoms with Crippen LogP contribution < -0.4 is 11.1 Å². The number of benzene rings is 1. The summed E-state index contributed by atoms with van der Waals surface area (Å²) in [5.41, 5.74) is 10.2. The first-order chi connectivity index (χ1) is 5.69. The topological polar surface area (TPSA) is 38.0 Å². The van der Waals surface area contributed by atoms with Crippen LogP contribution >= 0.6 is 0 Å². The van der Waals surface area contributed by atoms with Crippen molar-refractivity contribution in [3.05, 3.63) is 23.3 Å². The van der Waals surface area contributed by atoms with Crippen LogP contribution in [0.25, 0.3) is 0 Å². The normalized spacial score (nSPS) is 9.92. The summed E-state index contributed by atoms with van der Waals surface area (Å²) in [5.74, 6) is 0. The average molecular weight is 164 g/mol. The monoisotopic (exact) mass is 164 g/mol. The molecule has 0 aliphatic heterocycles. The van der Waals surface area contributed by atoms with Crippen molar-refractivity contribution in [1.29, 1.82) is 0 Å². The van der Waals surface area contributed by atoms with E-state index in [1.165, 1.54) is 11.1 Å². The van der Waals surface area contributed by atoms with Crippen LogP contribution in [0, 0.1) is 6.92 Å². The highest BCUT2D eigenvalue weighted by Gasteiger charge is 2.02. The van der Waals surface area contributed by atoms with Crippen LogP contribution in [0.1, 0.15) is 18.1 Å². The lowest BCUT2D eigenvalue weighted by molar-refractivity contribution is 1.13. The Hall–Kier alpha value is -1.18. The minimum atomic E-state index is 0.842. The first-order valence-corrected chi connectivity index (χ1v) is 4.25. The van der Waals surface area contributed by atoms with E-state index in [-0.39, 0.29) is 0 Å². The lowest BCUT2D eigenvalue weighted by Gasteiger charge is -2.10. The lowest BCUT2D eigenvalue weighted by Crippen LogP contribution is -1.99. The van der Waals surface area contributed by atoms with Gasteiger partial charge in [-0.3, -0.25) is 0 Å². The number of nitrogens with one attached hydrogen (secondary N) is 1. The number of anilines is 2. The van der Waals surface area contributed by atoms with Gasteiger partial charge in [0.15, 0.2) is 0 Å². The smallest absolute Gasteiger partial charge is 0.0601 e. The van der Waals surface area contributed by atoms with Gasteiger partial charge in [-0.05, 0) is 30.5 Å². The third-order valence-corrected chi connectivity index (χ3v) is 2.08. The van der Waals surface area contributed by atoms with Crippen molar-refractivity contribution in [2.75, 3.05) is 18.1 Å². The van der Waals surface area contributed by atoms with Gasteiger partial charge in [-0.1, -0.05) is 13.0 Å². The summed E-state index contributed by atoms with van der Waals surface area (Å²) in [4.78, 5) is 0. The van der Waals surface area contributed by atoms with Crippen molar-refractivity contribution in [3.8, 4) is 0 Å². The number of hydrogen-bond acceptors (Lipinski definition) is 2. The summed E-state index contributed by atoms with van der Waals surface area (Å²) in [7, 11) is 1.89. The molecule has 0 bridgehead atoms. The van der Waals surface area contributed by atoms with Crippen molar-refractivity contribution in [3.63, 3.8) is 0 Å². The van der Waals surface area contributed by atoms with Gasteiger partial charge in [0.25, 0.3) is 0 Å². The van der Waals surface area contributed by atoms with Crippen molar-refractivity contribution in [2.45, 2.75) is 20.3 Å². The Balaban J connectivity index is 3.18. The summed E-state index contributed by atoms with van der Waals surface area (Å²) in [6.45, 7) is 4.20. The zero-order valence-corrected chi connectivity index (χ0v) is 7.94. The van der Waals surface area contributed by atoms with Gasteiger partial charge in [0.1, 0.15) is 0 Å². The lowest BCUT2D eigenvalue weighted by atomic mass is 10.1. The van der Waals surface area contributed by atoms with Crippen molar-refractivity contribution >= 4 is 11.4 Å². The van der Waals surface area contributed by atoms with Crippen molar-refractivity contribution < 1.29 is 0 Å². The Morgan fingerprint density at radius 3 is 2.50 bits per heavy atom. The van der Waals surface area contributed by atoms with Gasteiger partial charge in [0.2, 0.25) is 0 Å². The Labute approximate surface area is 73.8 Å². The fraction of sp³-hybridized carbons (Fsp3) is 0.400. The number of hydrogen-bond donors (Lipinski definition) is 2. The molecule has 0 saturated carbocycles. The molecular formula is C10H16N2. The Morgan fingerprint density at radius 2 is 2.08 bits per heavy atom. The third-order valence-electron chi connectivity index (χ3n) is 2.08. The van der Waals surface area contributed by atoms with E-state index in [1.54, 1.807) is 0 Å². The van der Waals surface area contributed by atoms with E-state index in [0.717, 1.165) is 17.8 Å². The Bertz CT molecular complexity index is 256. The first kappa shape index (κ1) is 8.91. The zero-order valence-electron chi connectivity index (χ0n) is 7.94. The highest BCUT2D eigenvalue weighted by atomic mass is 14.9. The second-order valence-corrected chi connectivity index (χ2v) is 2.98. The van der Waals surface area contributed by atoms with E-state index < -0.39 is 0 Å². The third kappa shape index (κ3) is 1.52. The van der Waals surface area contributed by atoms with Crippen molar-refractivity contribution in [2.24, 2.45) is 0 Å². The predicted octanol–water partition coefficient (Wildman–Crippen LogP) is 2.18. The van der Waals surface area contributed by atoms with Gasteiger partial charge in [-0.2, -0.15) is 0 Å². The molecule has 2 nitrogen and oxygen atoms in total. The second-order valence-electron chi connectivity index (χ2n) is 2.98. The van der Waals surface area contributed by atoms with E-state index >= 15 is 0 Å². The fourth-order valence-electron chi connectivity index (χ4n) is 1.44.